The smallest absolute Gasteiger partial charge is 0.306 e. The Bertz CT molecular complexity index is 305. The summed E-state index contributed by atoms with van der Waals surface area (Å²) in [5.41, 5.74) is 6.18. The Hall–Kier alpha value is -1.51. The van der Waals surface area contributed by atoms with E-state index in [9.17, 15) is 4.79 Å². The quantitative estimate of drug-likeness (QED) is 0.717. The molecule has 1 aliphatic carbocycles. The van der Waals surface area contributed by atoms with Crippen LogP contribution in [0, 0.1) is 5.92 Å². The molecule has 0 radical (unpaired) electrons. The number of para-hydroxylation sites is 1. The van der Waals surface area contributed by atoms with Crippen LogP contribution in [0.2, 0.25) is 0 Å². The van der Waals surface area contributed by atoms with Gasteiger partial charge >= 0.3 is 5.97 Å². The number of hydrogen-bond acceptors (Lipinski definition) is 2. The van der Waals surface area contributed by atoms with E-state index in [2.05, 4.69) is 0 Å². The lowest BCUT2D eigenvalue weighted by Gasteiger charge is -2.16. The molecule has 0 spiro atoms. The summed E-state index contributed by atoms with van der Waals surface area (Å²) in [7, 11) is 0. The molecule has 1 aromatic rings. The van der Waals surface area contributed by atoms with E-state index in [1.165, 1.54) is 6.42 Å². The molecule has 1 saturated carbocycles. The van der Waals surface area contributed by atoms with Gasteiger partial charge in [-0.25, -0.2) is 0 Å². The van der Waals surface area contributed by atoms with Crippen molar-refractivity contribution in [2.24, 2.45) is 5.92 Å². The summed E-state index contributed by atoms with van der Waals surface area (Å²) < 4.78 is 0. The van der Waals surface area contributed by atoms with Gasteiger partial charge in [0, 0.05) is 5.69 Å². The number of hydrogen-bond donors (Lipinski definition) is 2. The van der Waals surface area contributed by atoms with Crippen LogP contribution in [-0.2, 0) is 4.79 Å². The Morgan fingerprint density at radius 2 is 1.69 bits per heavy atom. The molecule has 88 valence electrons. The van der Waals surface area contributed by atoms with Gasteiger partial charge in [0.25, 0.3) is 0 Å². The maximum absolute atomic E-state index is 10.4. The minimum Gasteiger partial charge on any atom is -0.481 e. The largest absolute Gasteiger partial charge is 0.481 e. The molecule has 0 heterocycles. The van der Waals surface area contributed by atoms with Crippen LogP contribution in [0.25, 0.3) is 0 Å². The molecule has 1 aliphatic rings. The third-order valence-electron chi connectivity index (χ3n) is 2.75. The van der Waals surface area contributed by atoms with Gasteiger partial charge in [0.1, 0.15) is 0 Å². The van der Waals surface area contributed by atoms with Crippen LogP contribution in [0.4, 0.5) is 5.69 Å². The molecule has 0 saturated heterocycles. The van der Waals surface area contributed by atoms with Crippen LogP contribution in [0.5, 0.6) is 0 Å². The first-order valence-electron chi connectivity index (χ1n) is 5.73. The van der Waals surface area contributed by atoms with E-state index in [0.717, 1.165) is 31.4 Å². The van der Waals surface area contributed by atoms with Crippen LogP contribution < -0.4 is 5.73 Å². The average molecular weight is 221 g/mol. The Kier molecular flexibility index (Phi) is 5.40. The third kappa shape index (κ3) is 4.82. The summed E-state index contributed by atoms with van der Waals surface area (Å²) >= 11 is 0. The lowest BCUT2D eigenvalue weighted by molar-refractivity contribution is -0.142. The van der Waals surface area contributed by atoms with E-state index in [1.807, 2.05) is 30.3 Å². The standard InChI is InChI=1S/C7H12O2.C6H7N/c8-7(9)6-4-2-1-3-5-6;7-6-4-2-1-3-5-6/h6H,1-5H2,(H,8,9);1-5H,7H2. The Morgan fingerprint density at radius 3 is 2.00 bits per heavy atom. The van der Waals surface area contributed by atoms with Crippen molar-refractivity contribution in [1.29, 1.82) is 0 Å². The van der Waals surface area contributed by atoms with E-state index >= 15 is 0 Å². The van der Waals surface area contributed by atoms with Gasteiger partial charge in [-0.05, 0) is 25.0 Å². The van der Waals surface area contributed by atoms with Crippen LogP contribution in [-0.4, -0.2) is 11.1 Å². The zero-order chi connectivity index (χ0) is 11.8. The molecule has 0 amide bonds. The summed E-state index contributed by atoms with van der Waals surface area (Å²) in [6, 6.07) is 9.49. The van der Waals surface area contributed by atoms with E-state index < -0.39 is 5.97 Å². The number of benzene rings is 1. The first-order valence-corrected chi connectivity index (χ1v) is 5.73. The van der Waals surface area contributed by atoms with Gasteiger partial charge in [-0.2, -0.15) is 0 Å². The van der Waals surface area contributed by atoms with Crippen molar-refractivity contribution in [3.63, 3.8) is 0 Å². The highest BCUT2D eigenvalue weighted by atomic mass is 16.4. The number of nitrogens with two attached hydrogens (primary N) is 1. The molecule has 3 heteroatoms. The minimum absolute atomic E-state index is 0.0289. The van der Waals surface area contributed by atoms with E-state index in [-0.39, 0.29) is 5.92 Å². The molecule has 3 N–H and O–H groups in total. The fourth-order valence-corrected chi connectivity index (χ4v) is 1.80. The molecule has 0 unspecified atom stereocenters. The molecule has 0 aliphatic heterocycles. The topological polar surface area (TPSA) is 63.3 Å². The lowest BCUT2D eigenvalue weighted by Crippen LogP contribution is -2.16. The third-order valence-corrected chi connectivity index (χ3v) is 2.75. The maximum atomic E-state index is 10.4. The van der Waals surface area contributed by atoms with Crippen LogP contribution in [0.3, 0.4) is 0 Å². The van der Waals surface area contributed by atoms with Gasteiger partial charge in [-0.15, -0.1) is 0 Å². The van der Waals surface area contributed by atoms with Gasteiger partial charge in [0.2, 0.25) is 0 Å². The maximum Gasteiger partial charge on any atom is 0.306 e. The number of nitrogen functional groups attached to an aromatic ring is 1. The fraction of sp³-hybridized carbons (Fsp3) is 0.462. The first-order chi connectivity index (χ1) is 7.70. The molecule has 0 bridgehead atoms. The van der Waals surface area contributed by atoms with Crippen molar-refractivity contribution in [1.82, 2.24) is 0 Å². The minimum atomic E-state index is -0.602. The van der Waals surface area contributed by atoms with Gasteiger partial charge in [0.05, 0.1) is 5.92 Å². The lowest BCUT2D eigenvalue weighted by atomic mass is 9.90. The van der Waals surface area contributed by atoms with E-state index in [4.69, 9.17) is 10.8 Å². The molecule has 3 nitrogen and oxygen atoms in total. The Morgan fingerprint density at radius 1 is 1.12 bits per heavy atom. The zero-order valence-corrected chi connectivity index (χ0v) is 9.43. The average Bonchev–Trinajstić information content (AvgIpc) is 2.32. The molecule has 16 heavy (non-hydrogen) atoms. The highest BCUT2D eigenvalue weighted by molar-refractivity contribution is 5.69. The second-order valence-electron chi connectivity index (χ2n) is 4.08. The number of carboxylic acids is 1. The highest BCUT2D eigenvalue weighted by Crippen LogP contribution is 2.23. The number of aliphatic carboxylic acids is 1. The molecular formula is C13H19NO2. The summed E-state index contributed by atoms with van der Waals surface area (Å²) in [6.07, 6.45) is 5.24. The molecular weight excluding hydrogens is 202 g/mol. The van der Waals surface area contributed by atoms with E-state index in [1.54, 1.807) is 0 Å². The molecule has 2 rings (SSSR count). The van der Waals surface area contributed by atoms with Gasteiger partial charge in [-0.3, -0.25) is 4.79 Å². The number of rotatable bonds is 1. The highest BCUT2D eigenvalue weighted by Gasteiger charge is 2.19. The summed E-state index contributed by atoms with van der Waals surface area (Å²) in [5, 5.41) is 8.54. The number of anilines is 1. The number of carbonyl (C=O) groups is 1. The van der Waals surface area contributed by atoms with Crippen molar-refractivity contribution < 1.29 is 9.90 Å². The van der Waals surface area contributed by atoms with Crippen molar-refractivity contribution in [2.75, 3.05) is 5.73 Å². The second kappa shape index (κ2) is 6.88. The van der Waals surface area contributed by atoms with Crippen molar-refractivity contribution in [3.8, 4) is 0 Å². The summed E-state index contributed by atoms with van der Waals surface area (Å²) in [4.78, 5) is 10.4. The van der Waals surface area contributed by atoms with Gasteiger partial charge in [0.15, 0.2) is 0 Å². The van der Waals surface area contributed by atoms with Crippen molar-refractivity contribution in [3.05, 3.63) is 30.3 Å². The normalized spacial score (nSPS) is 16.0. The second-order valence-corrected chi connectivity index (χ2v) is 4.08. The summed E-state index contributed by atoms with van der Waals surface area (Å²) in [6.45, 7) is 0. The fourth-order valence-electron chi connectivity index (χ4n) is 1.80. The molecule has 0 atom stereocenters. The molecule has 1 aromatic carbocycles. The van der Waals surface area contributed by atoms with Crippen molar-refractivity contribution >= 4 is 11.7 Å². The molecule has 1 fully saturated rings. The monoisotopic (exact) mass is 221 g/mol. The van der Waals surface area contributed by atoms with Crippen molar-refractivity contribution in [2.45, 2.75) is 32.1 Å². The number of carboxylic acid groups (broad SMARTS) is 1. The predicted molar refractivity (Wildman–Crippen MR) is 65.1 cm³/mol. The van der Waals surface area contributed by atoms with Crippen LogP contribution in [0.15, 0.2) is 30.3 Å². The van der Waals surface area contributed by atoms with Crippen LogP contribution in [0.1, 0.15) is 32.1 Å². The van der Waals surface area contributed by atoms with Crippen LogP contribution >= 0.6 is 0 Å². The SMILES string of the molecule is Nc1ccccc1.O=C(O)C1CCCCC1. The zero-order valence-electron chi connectivity index (χ0n) is 9.43. The predicted octanol–water partition coefficient (Wildman–Crippen LogP) is 2.92. The summed E-state index contributed by atoms with van der Waals surface area (Å²) in [5.74, 6) is -0.631. The van der Waals surface area contributed by atoms with E-state index in [0.29, 0.717) is 0 Å². The van der Waals surface area contributed by atoms with Gasteiger partial charge < -0.3 is 10.8 Å². The first kappa shape index (κ1) is 12.6. The Labute approximate surface area is 96.3 Å². The Balaban J connectivity index is 0.000000165. The molecule has 0 aromatic heterocycles. The van der Waals surface area contributed by atoms with Gasteiger partial charge in [-0.1, -0.05) is 37.5 Å².